The average Bonchev–Trinajstić information content (AvgIpc) is 2.88. The van der Waals surface area contributed by atoms with E-state index in [4.69, 9.17) is 0 Å². The predicted octanol–water partition coefficient (Wildman–Crippen LogP) is 5.84. The zero-order valence-electron chi connectivity index (χ0n) is 11.7. The molecular formula is C16H16BrF2NS. The van der Waals surface area contributed by atoms with Crippen LogP contribution in [0.4, 0.5) is 14.5 Å². The molecule has 0 bridgehead atoms. The monoisotopic (exact) mass is 371 g/mol. The Morgan fingerprint density at radius 3 is 2.67 bits per heavy atom. The summed E-state index contributed by atoms with van der Waals surface area (Å²) in [4.78, 5) is 2.67. The van der Waals surface area contributed by atoms with Crippen molar-refractivity contribution in [2.24, 2.45) is 0 Å². The van der Waals surface area contributed by atoms with E-state index < -0.39 is 11.6 Å². The topological polar surface area (TPSA) is 12.0 Å². The molecule has 1 aromatic heterocycles. The molecule has 1 aliphatic carbocycles. The van der Waals surface area contributed by atoms with Gasteiger partial charge in [-0.2, -0.15) is 0 Å². The Morgan fingerprint density at radius 1 is 1.14 bits per heavy atom. The van der Waals surface area contributed by atoms with Gasteiger partial charge in [0, 0.05) is 15.8 Å². The summed E-state index contributed by atoms with van der Waals surface area (Å²) >= 11 is 4.90. The lowest BCUT2D eigenvalue weighted by Crippen LogP contribution is -2.07. The van der Waals surface area contributed by atoms with E-state index in [-0.39, 0.29) is 10.5 Å². The molecule has 3 rings (SSSR count). The Hall–Kier alpha value is -0.940. The first-order valence-electron chi connectivity index (χ1n) is 7.07. The Kier molecular flexibility index (Phi) is 4.31. The lowest BCUT2D eigenvalue weighted by molar-refractivity contribution is 0.579. The van der Waals surface area contributed by atoms with Gasteiger partial charge >= 0.3 is 0 Å². The van der Waals surface area contributed by atoms with Crippen molar-refractivity contribution in [2.75, 3.05) is 5.32 Å². The van der Waals surface area contributed by atoms with Crippen molar-refractivity contribution in [3.8, 4) is 0 Å². The van der Waals surface area contributed by atoms with Crippen LogP contribution in [0.5, 0.6) is 0 Å². The summed E-state index contributed by atoms with van der Waals surface area (Å²) in [5.41, 5.74) is 1.76. The van der Waals surface area contributed by atoms with Crippen LogP contribution in [-0.4, -0.2) is 0 Å². The molecule has 1 aromatic carbocycles. The van der Waals surface area contributed by atoms with E-state index in [1.165, 1.54) is 34.2 Å². The maximum Gasteiger partial charge on any atom is 0.149 e. The molecule has 0 fully saturated rings. The van der Waals surface area contributed by atoms with Crippen LogP contribution < -0.4 is 5.32 Å². The first-order valence-corrected chi connectivity index (χ1v) is 8.68. The molecule has 0 amide bonds. The van der Waals surface area contributed by atoms with Gasteiger partial charge in [0.15, 0.2) is 0 Å². The zero-order chi connectivity index (χ0) is 15.0. The van der Waals surface area contributed by atoms with E-state index in [1.54, 1.807) is 11.3 Å². The van der Waals surface area contributed by atoms with Crippen molar-refractivity contribution in [1.82, 2.24) is 0 Å². The maximum absolute atomic E-state index is 13.8. The molecule has 1 N–H and O–H groups in total. The van der Waals surface area contributed by atoms with E-state index in [2.05, 4.69) is 27.3 Å². The molecule has 5 heteroatoms. The standard InChI is InChI=1S/C16H16BrF2NS/c1-9(16-6-10-4-2-3-5-15(10)21-16)20-14-7-11(17)12(18)8-13(14)19/h6-9,20H,2-5H2,1H3. The molecule has 0 spiro atoms. The number of hydrogen-bond donors (Lipinski definition) is 1. The summed E-state index contributed by atoms with van der Waals surface area (Å²) in [5.74, 6) is -1.15. The fraction of sp³-hybridized carbons (Fsp3) is 0.375. The fourth-order valence-corrected chi connectivity index (χ4v) is 4.27. The van der Waals surface area contributed by atoms with Crippen LogP contribution in [0.25, 0.3) is 0 Å². The van der Waals surface area contributed by atoms with Gasteiger partial charge in [0.05, 0.1) is 16.2 Å². The number of benzene rings is 1. The number of nitrogens with one attached hydrogen (secondary N) is 1. The van der Waals surface area contributed by atoms with Gasteiger partial charge in [-0.15, -0.1) is 11.3 Å². The Bertz CT molecular complexity index is 645. The average molecular weight is 372 g/mol. The van der Waals surface area contributed by atoms with Gasteiger partial charge in [0.25, 0.3) is 0 Å². The first kappa shape index (κ1) is 15.0. The van der Waals surface area contributed by atoms with Crippen molar-refractivity contribution < 1.29 is 8.78 Å². The summed E-state index contributed by atoms with van der Waals surface area (Å²) in [6, 6.07) is 4.59. The maximum atomic E-state index is 13.8. The Labute approximate surface area is 135 Å². The molecule has 21 heavy (non-hydrogen) atoms. The summed E-state index contributed by atoms with van der Waals surface area (Å²) in [5, 5.41) is 3.14. The minimum Gasteiger partial charge on any atom is -0.375 e. The van der Waals surface area contributed by atoms with E-state index in [0.717, 1.165) is 18.9 Å². The highest BCUT2D eigenvalue weighted by Gasteiger charge is 2.18. The number of fused-ring (bicyclic) bond motifs is 1. The second kappa shape index (κ2) is 6.05. The predicted molar refractivity (Wildman–Crippen MR) is 87.1 cm³/mol. The van der Waals surface area contributed by atoms with Gasteiger partial charge < -0.3 is 5.32 Å². The van der Waals surface area contributed by atoms with Crippen LogP contribution in [-0.2, 0) is 12.8 Å². The fourth-order valence-electron chi connectivity index (χ4n) is 2.66. The normalized spacial score (nSPS) is 15.6. The second-order valence-electron chi connectivity index (χ2n) is 5.42. The lowest BCUT2D eigenvalue weighted by Gasteiger charge is -2.15. The minimum absolute atomic E-state index is 0.00691. The van der Waals surface area contributed by atoms with Crippen molar-refractivity contribution in [2.45, 2.75) is 38.6 Å². The van der Waals surface area contributed by atoms with Crippen LogP contribution in [0.15, 0.2) is 22.7 Å². The molecule has 1 nitrogen and oxygen atoms in total. The third-order valence-corrected chi connectivity index (χ3v) is 5.85. The molecule has 0 aliphatic heterocycles. The Morgan fingerprint density at radius 2 is 1.90 bits per heavy atom. The van der Waals surface area contributed by atoms with E-state index in [0.29, 0.717) is 5.69 Å². The zero-order valence-corrected chi connectivity index (χ0v) is 14.1. The Balaban J connectivity index is 1.81. The number of hydrogen-bond acceptors (Lipinski definition) is 2. The van der Waals surface area contributed by atoms with Gasteiger partial charge in [-0.05, 0) is 66.2 Å². The summed E-state index contributed by atoms with van der Waals surface area (Å²) in [6.45, 7) is 2.01. The molecule has 1 aliphatic rings. The smallest absolute Gasteiger partial charge is 0.149 e. The van der Waals surface area contributed by atoms with Crippen molar-refractivity contribution in [3.63, 3.8) is 0 Å². The molecule has 2 aromatic rings. The molecule has 0 saturated carbocycles. The molecule has 1 heterocycles. The van der Waals surface area contributed by atoms with Gasteiger partial charge in [-0.3, -0.25) is 0 Å². The molecule has 0 saturated heterocycles. The number of anilines is 1. The highest BCUT2D eigenvalue weighted by Crippen LogP contribution is 2.35. The van der Waals surface area contributed by atoms with E-state index >= 15 is 0 Å². The number of aryl methyl sites for hydroxylation is 2. The highest BCUT2D eigenvalue weighted by atomic mass is 79.9. The van der Waals surface area contributed by atoms with Crippen molar-refractivity contribution >= 4 is 33.0 Å². The summed E-state index contributed by atoms with van der Waals surface area (Å²) < 4.78 is 27.3. The van der Waals surface area contributed by atoms with Crippen molar-refractivity contribution in [1.29, 1.82) is 0 Å². The largest absolute Gasteiger partial charge is 0.375 e. The number of halogens is 3. The molecule has 112 valence electrons. The van der Waals surface area contributed by atoms with Crippen molar-refractivity contribution in [3.05, 3.63) is 49.6 Å². The molecular weight excluding hydrogens is 356 g/mol. The van der Waals surface area contributed by atoms with E-state index in [9.17, 15) is 8.78 Å². The number of thiophene rings is 1. The number of rotatable bonds is 3. The van der Waals surface area contributed by atoms with Gasteiger partial charge in [-0.1, -0.05) is 0 Å². The van der Waals surface area contributed by atoms with Crippen LogP contribution in [0.1, 0.15) is 41.1 Å². The molecule has 0 radical (unpaired) electrons. The summed E-state index contributed by atoms with van der Waals surface area (Å²) in [6.07, 6.45) is 4.82. The van der Waals surface area contributed by atoms with Crippen LogP contribution in [0, 0.1) is 11.6 Å². The molecule has 1 atom stereocenters. The lowest BCUT2D eigenvalue weighted by atomic mass is 9.99. The summed E-state index contributed by atoms with van der Waals surface area (Å²) in [7, 11) is 0. The second-order valence-corrected chi connectivity index (χ2v) is 7.44. The van der Waals surface area contributed by atoms with Gasteiger partial charge in [-0.25, -0.2) is 8.78 Å². The van der Waals surface area contributed by atoms with Gasteiger partial charge in [0.1, 0.15) is 11.6 Å². The highest BCUT2D eigenvalue weighted by molar-refractivity contribution is 9.10. The van der Waals surface area contributed by atoms with Gasteiger partial charge in [0.2, 0.25) is 0 Å². The van der Waals surface area contributed by atoms with Crippen LogP contribution >= 0.6 is 27.3 Å². The third kappa shape index (κ3) is 3.14. The quantitative estimate of drug-likeness (QED) is 0.668. The van der Waals surface area contributed by atoms with Crippen LogP contribution in [0.3, 0.4) is 0 Å². The third-order valence-electron chi connectivity index (χ3n) is 3.82. The minimum atomic E-state index is -0.586. The van der Waals surface area contributed by atoms with E-state index in [1.807, 2.05) is 6.92 Å². The molecule has 1 unspecified atom stereocenters. The van der Waals surface area contributed by atoms with Crippen LogP contribution in [0.2, 0.25) is 0 Å². The first-order chi connectivity index (χ1) is 10.0. The SMILES string of the molecule is CC(Nc1cc(Br)c(F)cc1F)c1cc2c(s1)CCCC2.